The Balaban J connectivity index is 1.72. The van der Waals surface area contributed by atoms with Crippen LogP contribution < -0.4 is 5.32 Å². The van der Waals surface area contributed by atoms with Crippen molar-refractivity contribution in [1.82, 2.24) is 25.0 Å². The van der Waals surface area contributed by atoms with Crippen molar-refractivity contribution in [3.8, 4) is 0 Å². The van der Waals surface area contributed by atoms with Gasteiger partial charge in [-0.1, -0.05) is 34.9 Å². The Morgan fingerprint density at radius 1 is 1.44 bits per heavy atom. The van der Waals surface area contributed by atoms with Crippen LogP contribution in [0.2, 0.25) is 5.02 Å². The molecule has 0 aliphatic rings. The second-order valence-electron chi connectivity index (χ2n) is 4.80. The monoisotopic (exact) mass is 425 g/mol. The molecule has 0 unspecified atom stereocenters. The number of anilines is 1. The highest BCUT2D eigenvalue weighted by atomic mass is 79.9. The smallest absolute Gasteiger partial charge is 0.357 e. The summed E-state index contributed by atoms with van der Waals surface area (Å²) >= 11 is 9.05. The molecule has 0 spiro atoms. The topological polar surface area (TPSA) is 132 Å². The second kappa shape index (κ2) is 6.99. The minimum absolute atomic E-state index is 0.0367. The van der Waals surface area contributed by atoms with Crippen LogP contribution >= 0.6 is 27.5 Å². The first kappa shape index (κ1) is 17.0. The van der Waals surface area contributed by atoms with E-state index in [9.17, 15) is 14.9 Å². The number of hydrogen-bond acceptors (Lipinski definition) is 6. The highest BCUT2D eigenvalue weighted by Crippen LogP contribution is 2.25. The van der Waals surface area contributed by atoms with Crippen LogP contribution in [0, 0.1) is 10.1 Å². The average molecular weight is 427 g/mol. The molecule has 0 atom stereocenters. The molecule has 10 nitrogen and oxygen atoms in total. The number of aromatic amines is 1. The summed E-state index contributed by atoms with van der Waals surface area (Å²) in [4.78, 5) is 26.2. The zero-order valence-electron chi connectivity index (χ0n) is 12.3. The van der Waals surface area contributed by atoms with Gasteiger partial charge in [0.25, 0.3) is 5.91 Å². The SMILES string of the molecule is O=C(Nc1ncn(Cc2ccccc2Cl)n1)c1n[nH]c([N+](=O)[O-])c1Br. The third-order valence-electron chi connectivity index (χ3n) is 3.14. The van der Waals surface area contributed by atoms with E-state index in [0.29, 0.717) is 11.6 Å². The molecule has 0 radical (unpaired) electrons. The van der Waals surface area contributed by atoms with E-state index < -0.39 is 16.6 Å². The molecule has 3 aromatic rings. The summed E-state index contributed by atoms with van der Waals surface area (Å²) in [6.07, 6.45) is 1.43. The summed E-state index contributed by atoms with van der Waals surface area (Å²) in [5.41, 5.74) is 0.673. The van der Waals surface area contributed by atoms with Crippen LogP contribution in [0.15, 0.2) is 35.1 Å². The molecule has 2 N–H and O–H groups in total. The molecule has 0 saturated heterocycles. The fourth-order valence-electron chi connectivity index (χ4n) is 1.98. The first-order valence-corrected chi connectivity index (χ1v) is 7.95. The van der Waals surface area contributed by atoms with E-state index in [1.165, 1.54) is 11.0 Å². The summed E-state index contributed by atoms with van der Waals surface area (Å²) in [7, 11) is 0. The molecule has 0 aliphatic heterocycles. The number of nitrogens with zero attached hydrogens (tertiary/aromatic N) is 5. The van der Waals surface area contributed by atoms with E-state index in [4.69, 9.17) is 11.6 Å². The molecule has 2 aromatic heterocycles. The molecule has 128 valence electrons. The van der Waals surface area contributed by atoms with Crippen molar-refractivity contribution in [2.75, 3.05) is 5.32 Å². The van der Waals surface area contributed by atoms with E-state index in [1.807, 2.05) is 18.2 Å². The number of H-pyrrole nitrogens is 1. The van der Waals surface area contributed by atoms with Gasteiger partial charge in [-0.15, -0.1) is 10.2 Å². The van der Waals surface area contributed by atoms with Gasteiger partial charge in [-0.05, 0) is 32.5 Å². The second-order valence-corrected chi connectivity index (χ2v) is 6.00. The fraction of sp³-hybridized carbons (Fsp3) is 0.0769. The maximum Gasteiger partial charge on any atom is 0.357 e. The van der Waals surface area contributed by atoms with Crippen molar-refractivity contribution in [2.45, 2.75) is 6.54 Å². The largest absolute Gasteiger partial charge is 0.358 e. The molecule has 2 heterocycles. The standard InChI is InChI=1S/C13H9BrClN7O3/c14-9-10(18-19-11(9)22(24)25)12(23)17-13-16-6-21(20-13)5-7-3-1-2-4-8(7)15/h1-4,6H,5H2,(H,18,19)(H,17,20,23). The Morgan fingerprint density at radius 2 is 2.20 bits per heavy atom. The zero-order chi connectivity index (χ0) is 18.0. The molecular formula is C13H9BrClN7O3. The summed E-state index contributed by atoms with van der Waals surface area (Å²) in [6.45, 7) is 0.375. The van der Waals surface area contributed by atoms with Crippen molar-refractivity contribution < 1.29 is 9.72 Å². The van der Waals surface area contributed by atoms with E-state index in [2.05, 4.69) is 41.5 Å². The van der Waals surface area contributed by atoms with Gasteiger partial charge in [0.05, 0.1) is 6.54 Å². The maximum absolute atomic E-state index is 12.1. The summed E-state index contributed by atoms with van der Waals surface area (Å²) in [5, 5.41) is 23.7. The Morgan fingerprint density at radius 3 is 2.88 bits per heavy atom. The Hall–Kier alpha value is -2.79. The van der Waals surface area contributed by atoms with Crippen LogP contribution in [0.3, 0.4) is 0 Å². The maximum atomic E-state index is 12.1. The van der Waals surface area contributed by atoms with Crippen LogP contribution in [-0.2, 0) is 6.54 Å². The number of amides is 1. The summed E-state index contributed by atoms with van der Waals surface area (Å²) < 4.78 is 1.45. The third-order valence-corrected chi connectivity index (χ3v) is 4.26. The molecule has 0 saturated carbocycles. The van der Waals surface area contributed by atoms with Crippen LogP contribution in [-0.4, -0.2) is 35.8 Å². The number of rotatable bonds is 5. The Labute approximate surface area is 153 Å². The highest BCUT2D eigenvalue weighted by Gasteiger charge is 2.25. The lowest BCUT2D eigenvalue weighted by molar-refractivity contribution is -0.390. The van der Waals surface area contributed by atoms with Gasteiger partial charge >= 0.3 is 5.82 Å². The van der Waals surface area contributed by atoms with Crippen LogP contribution in [0.5, 0.6) is 0 Å². The molecule has 3 rings (SSSR count). The number of halogens is 2. The zero-order valence-corrected chi connectivity index (χ0v) is 14.7. The van der Waals surface area contributed by atoms with Crippen molar-refractivity contribution >= 4 is 45.2 Å². The molecule has 0 aliphatic carbocycles. The number of carbonyl (C=O) groups excluding carboxylic acids is 1. The van der Waals surface area contributed by atoms with E-state index in [-0.39, 0.29) is 16.1 Å². The predicted molar refractivity (Wildman–Crippen MR) is 91.5 cm³/mol. The van der Waals surface area contributed by atoms with E-state index in [1.54, 1.807) is 6.07 Å². The minimum atomic E-state index is -0.690. The molecule has 12 heteroatoms. The molecular weight excluding hydrogens is 418 g/mol. The molecule has 0 fully saturated rings. The number of nitro groups is 1. The lowest BCUT2D eigenvalue weighted by Crippen LogP contribution is -2.14. The summed E-state index contributed by atoms with van der Waals surface area (Å²) in [6, 6.07) is 7.28. The van der Waals surface area contributed by atoms with Gasteiger partial charge in [-0.25, -0.2) is 9.67 Å². The van der Waals surface area contributed by atoms with Gasteiger partial charge in [-0.2, -0.15) is 0 Å². The van der Waals surface area contributed by atoms with Gasteiger partial charge in [0.15, 0.2) is 5.69 Å². The van der Waals surface area contributed by atoms with Gasteiger partial charge in [-0.3, -0.25) is 10.1 Å². The van der Waals surface area contributed by atoms with E-state index >= 15 is 0 Å². The first-order valence-electron chi connectivity index (χ1n) is 6.78. The van der Waals surface area contributed by atoms with Crippen molar-refractivity contribution in [3.63, 3.8) is 0 Å². The van der Waals surface area contributed by atoms with Crippen LogP contribution in [0.25, 0.3) is 0 Å². The minimum Gasteiger partial charge on any atom is -0.358 e. The lowest BCUT2D eigenvalue weighted by atomic mass is 10.2. The number of aromatic nitrogens is 5. The quantitative estimate of drug-likeness (QED) is 0.476. The third kappa shape index (κ3) is 3.67. The van der Waals surface area contributed by atoms with Crippen molar-refractivity contribution in [2.24, 2.45) is 0 Å². The van der Waals surface area contributed by atoms with Gasteiger partial charge < -0.3 is 10.1 Å². The van der Waals surface area contributed by atoms with Gasteiger partial charge in [0.1, 0.15) is 10.8 Å². The lowest BCUT2D eigenvalue weighted by Gasteiger charge is -2.03. The molecule has 25 heavy (non-hydrogen) atoms. The van der Waals surface area contributed by atoms with E-state index in [0.717, 1.165) is 5.56 Å². The van der Waals surface area contributed by atoms with Gasteiger partial charge in [0, 0.05) is 5.02 Å². The fourth-order valence-corrected chi connectivity index (χ4v) is 2.68. The average Bonchev–Trinajstić information content (AvgIpc) is 3.16. The van der Waals surface area contributed by atoms with Crippen molar-refractivity contribution in [1.29, 1.82) is 0 Å². The Kier molecular flexibility index (Phi) is 4.76. The predicted octanol–water partition coefficient (Wildman–Crippen LogP) is 2.63. The summed E-state index contributed by atoms with van der Waals surface area (Å²) in [5.74, 6) is -1.07. The molecule has 0 bridgehead atoms. The van der Waals surface area contributed by atoms with Crippen LogP contribution in [0.1, 0.15) is 16.1 Å². The number of benzene rings is 1. The van der Waals surface area contributed by atoms with Gasteiger partial charge in [0.2, 0.25) is 5.95 Å². The normalized spacial score (nSPS) is 10.6. The van der Waals surface area contributed by atoms with Crippen molar-refractivity contribution in [3.05, 3.63) is 61.5 Å². The first-order chi connectivity index (χ1) is 12.0. The Bertz CT molecular complexity index is 955. The highest BCUT2D eigenvalue weighted by molar-refractivity contribution is 9.10. The molecule has 1 amide bonds. The number of carbonyl (C=O) groups is 1. The molecule has 1 aromatic carbocycles. The van der Waals surface area contributed by atoms with Crippen LogP contribution in [0.4, 0.5) is 11.8 Å². The number of nitrogens with one attached hydrogen (secondary N) is 2. The number of hydrogen-bond donors (Lipinski definition) is 2.